The van der Waals surface area contributed by atoms with Gasteiger partial charge in [0.05, 0.1) is 11.4 Å². The molecular formula is C19H17N7O. The largest absolute Gasteiger partial charge is 0.309 e. The van der Waals surface area contributed by atoms with E-state index in [1.165, 1.54) is 4.80 Å². The Balaban J connectivity index is 1.49. The van der Waals surface area contributed by atoms with Crippen LogP contribution >= 0.6 is 0 Å². The van der Waals surface area contributed by atoms with Crippen molar-refractivity contribution in [2.45, 2.75) is 13.5 Å². The molecule has 0 radical (unpaired) electrons. The predicted molar refractivity (Wildman–Crippen MR) is 100 cm³/mol. The number of nitrogens with one attached hydrogen (secondary N) is 1. The predicted octanol–water partition coefficient (Wildman–Crippen LogP) is 2.47. The molecule has 2 aromatic heterocycles. The molecule has 2 heterocycles. The first kappa shape index (κ1) is 16.6. The van der Waals surface area contributed by atoms with Crippen LogP contribution in [0.25, 0.3) is 17.1 Å². The summed E-state index contributed by atoms with van der Waals surface area (Å²) in [6.07, 6.45) is 0. The van der Waals surface area contributed by atoms with Gasteiger partial charge in [0.2, 0.25) is 11.7 Å². The summed E-state index contributed by atoms with van der Waals surface area (Å²) < 4.78 is 1.69. The van der Waals surface area contributed by atoms with E-state index < -0.39 is 0 Å². The van der Waals surface area contributed by atoms with Crippen LogP contribution in [0.3, 0.4) is 0 Å². The lowest BCUT2D eigenvalue weighted by atomic mass is 10.2. The molecule has 0 aliphatic heterocycles. The van der Waals surface area contributed by atoms with Crippen LogP contribution in [0.2, 0.25) is 0 Å². The lowest BCUT2D eigenvalue weighted by molar-refractivity contribution is -0.117. The van der Waals surface area contributed by atoms with E-state index in [4.69, 9.17) is 0 Å². The summed E-state index contributed by atoms with van der Waals surface area (Å²) in [6.45, 7) is 1.83. The number of carbonyl (C=O) groups is 1. The molecule has 0 aliphatic rings. The van der Waals surface area contributed by atoms with E-state index >= 15 is 0 Å². The molecule has 0 aliphatic carbocycles. The third-order valence-corrected chi connectivity index (χ3v) is 3.87. The average molecular weight is 359 g/mol. The highest BCUT2D eigenvalue weighted by Gasteiger charge is 2.13. The number of benzene rings is 2. The normalized spacial score (nSPS) is 10.7. The number of rotatable bonds is 5. The molecule has 4 aromatic rings. The number of carbonyl (C=O) groups excluding carboxylic acids is 1. The second-order valence-corrected chi connectivity index (χ2v) is 5.98. The molecule has 0 spiro atoms. The standard InChI is InChI=1S/C19H17N7O/c1-14-12-17(26(22-14)16-10-6-3-7-11-16)20-18(27)13-25-23-19(21-24-25)15-8-4-2-5-9-15/h2-12H,13H2,1H3,(H,20,27). The molecule has 2 aromatic carbocycles. The molecule has 0 bridgehead atoms. The highest BCUT2D eigenvalue weighted by molar-refractivity contribution is 5.89. The Morgan fingerprint density at radius 2 is 1.70 bits per heavy atom. The Hall–Kier alpha value is -3.81. The van der Waals surface area contributed by atoms with Crippen molar-refractivity contribution in [3.8, 4) is 17.1 Å². The molecule has 134 valence electrons. The Labute approximate surface area is 155 Å². The molecule has 0 saturated heterocycles. The quantitative estimate of drug-likeness (QED) is 0.591. The SMILES string of the molecule is Cc1cc(NC(=O)Cn2nnc(-c3ccccc3)n2)n(-c2ccccc2)n1. The van der Waals surface area contributed by atoms with Crippen molar-refractivity contribution in [3.05, 3.63) is 72.4 Å². The molecule has 8 nitrogen and oxygen atoms in total. The number of aryl methyl sites for hydroxylation is 1. The van der Waals surface area contributed by atoms with Gasteiger partial charge in [-0.1, -0.05) is 48.5 Å². The van der Waals surface area contributed by atoms with Crippen LogP contribution in [0.15, 0.2) is 66.7 Å². The topological polar surface area (TPSA) is 90.5 Å². The molecule has 1 amide bonds. The van der Waals surface area contributed by atoms with Gasteiger partial charge in [0.1, 0.15) is 12.4 Å². The maximum atomic E-state index is 12.4. The minimum atomic E-state index is -0.260. The van der Waals surface area contributed by atoms with Crippen LogP contribution in [-0.2, 0) is 11.3 Å². The Kier molecular flexibility index (Phi) is 4.44. The van der Waals surface area contributed by atoms with Crippen LogP contribution in [-0.4, -0.2) is 35.9 Å². The number of amides is 1. The molecule has 4 rings (SSSR count). The van der Waals surface area contributed by atoms with Crippen molar-refractivity contribution in [3.63, 3.8) is 0 Å². The summed E-state index contributed by atoms with van der Waals surface area (Å²) >= 11 is 0. The van der Waals surface area contributed by atoms with Crippen LogP contribution in [0.4, 0.5) is 5.82 Å². The zero-order valence-corrected chi connectivity index (χ0v) is 14.6. The highest BCUT2D eigenvalue weighted by Crippen LogP contribution is 2.17. The van der Waals surface area contributed by atoms with Crippen molar-refractivity contribution in [2.75, 3.05) is 5.32 Å². The van der Waals surface area contributed by atoms with Crippen molar-refractivity contribution in [1.29, 1.82) is 0 Å². The highest BCUT2D eigenvalue weighted by atomic mass is 16.2. The first-order valence-corrected chi connectivity index (χ1v) is 8.44. The molecule has 0 fully saturated rings. The molecule has 0 saturated carbocycles. The van der Waals surface area contributed by atoms with E-state index in [2.05, 4.69) is 25.8 Å². The summed E-state index contributed by atoms with van der Waals surface area (Å²) in [5.74, 6) is 0.810. The third kappa shape index (κ3) is 3.74. The zero-order chi connectivity index (χ0) is 18.6. The minimum absolute atomic E-state index is 0.0428. The average Bonchev–Trinajstić information content (AvgIpc) is 3.29. The van der Waals surface area contributed by atoms with Gasteiger partial charge in [0.25, 0.3) is 0 Å². The maximum absolute atomic E-state index is 12.4. The number of hydrogen-bond acceptors (Lipinski definition) is 5. The van der Waals surface area contributed by atoms with E-state index in [1.807, 2.05) is 73.7 Å². The summed E-state index contributed by atoms with van der Waals surface area (Å²) in [6, 6.07) is 20.9. The molecule has 1 N–H and O–H groups in total. The van der Waals surface area contributed by atoms with Crippen molar-refractivity contribution >= 4 is 11.7 Å². The molecule has 0 atom stereocenters. The van der Waals surface area contributed by atoms with Gasteiger partial charge in [0, 0.05) is 11.6 Å². The maximum Gasteiger partial charge on any atom is 0.249 e. The van der Waals surface area contributed by atoms with Crippen LogP contribution in [0, 0.1) is 6.92 Å². The fourth-order valence-electron chi connectivity index (χ4n) is 2.68. The van der Waals surface area contributed by atoms with Crippen LogP contribution in [0.1, 0.15) is 5.69 Å². The number of aromatic nitrogens is 6. The Bertz CT molecular complexity index is 1050. The fraction of sp³-hybridized carbons (Fsp3) is 0.105. The van der Waals surface area contributed by atoms with Crippen LogP contribution < -0.4 is 5.32 Å². The Morgan fingerprint density at radius 1 is 1.00 bits per heavy atom. The third-order valence-electron chi connectivity index (χ3n) is 3.87. The Morgan fingerprint density at radius 3 is 2.44 bits per heavy atom. The van der Waals surface area contributed by atoms with E-state index in [1.54, 1.807) is 4.68 Å². The van der Waals surface area contributed by atoms with Gasteiger partial charge in [0.15, 0.2) is 0 Å². The fourth-order valence-corrected chi connectivity index (χ4v) is 2.68. The number of anilines is 1. The molecular weight excluding hydrogens is 342 g/mol. The first-order chi connectivity index (χ1) is 13.2. The lowest BCUT2D eigenvalue weighted by Crippen LogP contribution is -2.22. The summed E-state index contributed by atoms with van der Waals surface area (Å²) in [5, 5.41) is 19.5. The summed E-state index contributed by atoms with van der Waals surface area (Å²) in [4.78, 5) is 13.7. The molecule has 8 heteroatoms. The second kappa shape index (κ2) is 7.20. The molecule has 0 unspecified atom stereocenters. The van der Waals surface area contributed by atoms with Crippen LogP contribution in [0.5, 0.6) is 0 Å². The van der Waals surface area contributed by atoms with Gasteiger partial charge >= 0.3 is 0 Å². The summed E-state index contributed by atoms with van der Waals surface area (Å²) in [7, 11) is 0. The van der Waals surface area contributed by atoms with Gasteiger partial charge in [-0.05, 0) is 24.3 Å². The minimum Gasteiger partial charge on any atom is -0.309 e. The van der Waals surface area contributed by atoms with E-state index in [-0.39, 0.29) is 12.5 Å². The van der Waals surface area contributed by atoms with Crippen molar-refractivity contribution in [2.24, 2.45) is 0 Å². The number of tetrazole rings is 1. The zero-order valence-electron chi connectivity index (χ0n) is 14.6. The van der Waals surface area contributed by atoms with Gasteiger partial charge in [-0.2, -0.15) is 9.90 Å². The number of para-hydroxylation sites is 1. The monoisotopic (exact) mass is 359 g/mol. The van der Waals surface area contributed by atoms with Crippen molar-refractivity contribution in [1.82, 2.24) is 30.0 Å². The van der Waals surface area contributed by atoms with Gasteiger partial charge in [-0.15, -0.1) is 10.2 Å². The van der Waals surface area contributed by atoms with Gasteiger partial charge < -0.3 is 5.32 Å². The van der Waals surface area contributed by atoms with Crippen molar-refractivity contribution < 1.29 is 4.79 Å². The van der Waals surface area contributed by atoms with E-state index in [9.17, 15) is 4.79 Å². The number of hydrogen-bond donors (Lipinski definition) is 1. The summed E-state index contributed by atoms with van der Waals surface area (Å²) in [5.41, 5.74) is 2.52. The van der Waals surface area contributed by atoms with Gasteiger partial charge in [-0.25, -0.2) is 4.68 Å². The van der Waals surface area contributed by atoms with E-state index in [0.29, 0.717) is 11.6 Å². The van der Waals surface area contributed by atoms with Gasteiger partial charge in [-0.3, -0.25) is 4.79 Å². The lowest BCUT2D eigenvalue weighted by Gasteiger charge is -2.08. The second-order valence-electron chi connectivity index (χ2n) is 5.98. The van der Waals surface area contributed by atoms with E-state index in [0.717, 1.165) is 16.9 Å². The first-order valence-electron chi connectivity index (χ1n) is 8.44. The molecule has 27 heavy (non-hydrogen) atoms. The smallest absolute Gasteiger partial charge is 0.249 e. The number of nitrogens with zero attached hydrogens (tertiary/aromatic N) is 6.